The van der Waals surface area contributed by atoms with Gasteiger partial charge in [-0.1, -0.05) is 13.3 Å². The summed E-state index contributed by atoms with van der Waals surface area (Å²) in [5.74, 6) is -2.56. The molecule has 0 aliphatic heterocycles. The van der Waals surface area contributed by atoms with Crippen molar-refractivity contribution in [1.29, 1.82) is 0 Å². The molecular formula is C14H15F3N2. The van der Waals surface area contributed by atoms with Crippen molar-refractivity contribution in [3.05, 3.63) is 35.1 Å². The van der Waals surface area contributed by atoms with Gasteiger partial charge in [0.2, 0.25) is 0 Å². The third-order valence-corrected chi connectivity index (χ3v) is 2.89. The fourth-order valence-corrected chi connectivity index (χ4v) is 2.06. The Hall–Kier alpha value is -1.78. The van der Waals surface area contributed by atoms with Crippen molar-refractivity contribution in [2.45, 2.75) is 26.7 Å². The highest BCUT2D eigenvalue weighted by Gasteiger charge is 2.16. The lowest BCUT2D eigenvalue weighted by Gasteiger charge is -2.12. The van der Waals surface area contributed by atoms with Gasteiger partial charge in [-0.2, -0.15) is 0 Å². The van der Waals surface area contributed by atoms with Crippen LogP contribution in [0.1, 0.15) is 25.8 Å². The van der Waals surface area contributed by atoms with Crippen LogP contribution in [0.4, 0.5) is 19.0 Å². The summed E-state index contributed by atoms with van der Waals surface area (Å²) in [6.07, 6.45) is 1.51. The zero-order valence-corrected chi connectivity index (χ0v) is 10.9. The average molecular weight is 268 g/mol. The molecule has 2 rings (SSSR count). The quantitative estimate of drug-likeness (QED) is 0.847. The number of anilines is 1. The fraction of sp³-hybridized carbons (Fsp3) is 0.357. The van der Waals surface area contributed by atoms with E-state index in [9.17, 15) is 13.2 Å². The van der Waals surface area contributed by atoms with Gasteiger partial charge in [0.15, 0.2) is 17.5 Å². The smallest absolute Gasteiger partial charge is 0.168 e. The van der Waals surface area contributed by atoms with E-state index >= 15 is 0 Å². The van der Waals surface area contributed by atoms with Crippen LogP contribution in [0.2, 0.25) is 0 Å². The third-order valence-electron chi connectivity index (χ3n) is 2.89. The molecule has 0 bridgehead atoms. The van der Waals surface area contributed by atoms with E-state index in [1.165, 1.54) is 6.07 Å². The number of pyridine rings is 1. The molecule has 0 spiro atoms. The largest absolute Gasteiger partial charge is 0.370 e. The molecule has 0 radical (unpaired) electrons. The minimum absolute atomic E-state index is 0.109. The van der Waals surface area contributed by atoms with Crippen LogP contribution in [0.5, 0.6) is 0 Å². The third kappa shape index (κ3) is 2.50. The van der Waals surface area contributed by atoms with E-state index in [4.69, 9.17) is 0 Å². The maximum Gasteiger partial charge on any atom is 0.168 e. The van der Waals surface area contributed by atoms with Gasteiger partial charge in [0.05, 0.1) is 0 Å². The Bertz CT molecular complexity index is 611. The predicted octanol–water partition coefficient (Wildman–Crippen LogP) is 4.04. The second-order valence-corrected chi connectivity index (χ2v) is 4.33. The van der Waals surface area contributed by atoms with Gasteiger partial charge in [0.1, 0.15) is 11.3 Å². The maximum atomic E-state index is 13.7. The highest BCUT2D eigenvalue weighted by molar-refractivity contribution is 5.83. The number of aryl methyl sites for hydroxylation is 1. The lowest BCUT2D eigenvalue weighted by molar-refractivity contribution is 0.505. The van der Waals surface area contributed by atoms with Gasteiger partial charge in [-0.15, -0.1) is 0 Å². The van der Waals surface area contributed by atoms with E-state index in [0.717, 1.165) is 12.0 Å². The van der Waals surface area contributed by atoms with Gasteiger partial charge < -0.3 is 5.32 Å². The Labute approximate surface area is 109 Å². The molecule has 0 aliphatic carbocycles. The molecule has 1 N–H and O–H groups in total. The summed E-state index contributed by atoms with van der Waals surface area (Å²) >= 11 is 0. The van der Waals surface area contributed by atoms with Crippen molar-refractivity contribution < 1.29 is 13.2 Å². The number of halogens is 3. The van der Waals surface area contributed by atoms with E-state index in [-0.39, 0.29) is 10.9 Å². The molecule has 5 heteroatoms. The Kier molecular flexibility index (Phi) is 3.93. The summed E-state index contributed by atoms with van der Waals surface area (Å²) in [4.78, 5) is 4.09. The molecule has 2 nitrogen and oxygen atoms in total. The lowest BCUT2D eigenvalue weighted by atomic mass is 10.1. The minimum Gasteiger partial charge on any atom is -0.370 e. The molecular weight excluding hydrogens is 253 g/mol. The molecule has 0 fully saturated rings. The van der Waals surface area contributed by atoms with Crippen molar-refractivity contribution in [3.8, 4) is 0 Å². The zero-order valence-electron chi connectivity index (χ0n) is 10.9. The normalized spacial score (nSPS) is 11.0. The number of nitrogens with zero attached hydrogens (tertiary/aromatic N) is 1. The standard InChI is InChI=1S/C14H15F3N2/c1-3-5-8-6-9-12(17)10(15)7-11(16)13(9)19-14(8)18-4-2/h6-7H,3-5H2,1-2H3,(H,18,19). The number of rotatable bonds is 4. The van der Waals surface area contributed by atoms with Crippen LogP contribution >= 0.6 is 0 Å². The molecule has 0 unspecified atom stereocenters. The van der Waals surface area contributed by atoms with Crippen LogP contribution in [-0.2, 0) is 6.42 Å². The molecule has 0 amide bonds. The number of aromatic nitrogens is 1. The van der Waals surface area contributed by atoms with Crippen LogP contribution in [0, 0.1) is 17.5 Å². The topological polar surface area (TPSA) is 24.9 Å². The maximum absolute atomic E-state index is 13.7. The summed E-state index contributed by atoms with van der Waals surface area (Å²) in [5, 5.41) is 2.91. The van der Waals surface area contributed by atoms with Crippen molar-refractivity contribution >= 4 is 16.7 Å². The number of fused-ring (bicyclic) bond motifs is 1. The van der Waals surface area contributed by atoms with Crippen molar-refractivity contribution in [2.24, 2.45) is 0 Å². The van der Waals surface area contributed by atoms with Gasteiger partial charge >= 0.3 is 0 Å². The monoisotopic (exact) mass is 268 g/mol. The van der Waals surface area contributed by atoms with E-state index in [1.807, 2.05) is 13.8 Å². The fourth-order valence-electron chi connectivity index (χ4n) is 2.06. The van der Waals surface area contributed by atoms with Crippen LogP contribution in [-0.4, -0.2) is 11.5 Å². The molecule has 0 atom stereocenters. The van der Waals surface area contributed by atoms with Crippen molar-refractivity contribution in [3.63, 3.8) is 0 Å². The molecule has 1 aromatic heterocycles. The first-order chi connectivity index (χ1) is 9.08. The molecule has 0 saturated carbocycles. The van der Waals surface area contributed by atoms with Crippen LogP contribution in [0.25, 0.3) is 10.9 Å². The SMILES string of the molecule is CCCc1cc2c(F)c(F)cc(F)c2nc1NCC. The van der Waals surface area contributed by atoms with Gasteiger partial charge in [-0.3, -0.25) is 0 Å². The zero-order chi connectivity index (χ0) is 14.0. The average Bonchev–Trinajstić information content (AvgIpc) is 2.38. The number of nitrogens with one attached hydrogen (secondary N) is 1. The first-order valence-corrected chi connectivity index (χ1v) is 6.29. The van der Waals surface area contributed by atoms with Gasteiger partial charge in [0.25, 0.3) is 0 Å². The Morgan fingerprint density at radius 2 is 1.84 bits per heavy atom. The van der Waals surface area contributed by atoms with Crippen molar-refractivity contribution in [2.75, 3.05) is 11.9 Å². The molecule has 2 aromatic rings. The van der Waals surface area contributed by atoms with Crippen LogP contribution in [0.15, 0.2) is 12.1 Å². The second kappa shape index (κ2) is 5.47. The van der Waals surface area contributed by atoms with Gasteiger partial charge in [-0.05, 0) is 25.0 Å². The summed E-state index contributed by atoms with van der Waals surface area (Å²) < 4.78 is 40.6. The number of benzene rings is 1. The first-order valence-electron chi connectivity index (χ1n) is 6.29. The Balaban J connectivity index is 2.73. The lowest BCUT2D eigenvalue weighted by Crippen LogP contribution is -2.05. The predicted molar refractivity (Wildman–Crippen MR) is 69.8 cm³/mol. The molecule has 19 heavy (non-hydrogen) atoms. The summed E-state index contributed by atoms with van der Waals surface area (Å²) in [7, 11) is 0. The van der Waals surface area contributed by atoms with Gasteiger partial charge in [-0.25, -0.2) is 18.2 Å². The molecule has 0 aliphatic rings. The molecule has 1 heterocycles. The first kappa shape index (κ1) is 13.6. The van der Waals surface area contributed by atoms with E-state index in [0.29, 0.717) is 24.8 Å². The van der Waals surface area contributed by atoms with E-state index < -0.39 is 17.5 Å². The van der Waals surface area contributed by atoms with Crippen molar-refractivity contribution in [1.82, 2.24) is 4.98 Å². The van der Waals surface area contributed by atoms with Crippen LogP contribution in [0.3, 0.4) is 0 Å². The second-order valence-electron chi connectivity index (χ2n) is 4.33. The van der Waals surface area contributed by atoms with Crippen LogP contribution < -0.4 is 5.32 Å². The molecule has 102 valence electrons. The van der Waals surface area contributed by atoms with E-state index in [1.54, 1.807) is 0 Å². The van der Waals surface area contributed by atoms with Gasteiger partial charge in [0, 0.05) is 18.0 Å². The number of hydrogen-bond acceptors (Lipinski definition) is 2. The summed E-state index contributed by atoms with van der Waals surface area (Å²) in [6, 6.07) is 2.01. The molecule has 1 aromatic carbocycles. The summed E-state index contributed by atoms with van der Waals surface area (Å²) in [6.45, 7) is 4.49. The number of hydrogen-bond donors (Lipinski definition) is 1. The molecule has 0 saturated heterocycles. The Morgan fingerprint density at radius 1 is 1.11 bits per heavy atom. The summed E-state index contributed by atoms with van der Waals surface area (Å²) in [5.41, 5.74) is 0.621. The highest BCUT2D eigenvalue weighted by Crippen LogP contribution is 2.27. The Morgan fingerprint density at radius 3 is 2.47 bits per heavy atom. The van der Waals surface area contributed by atoms with E-state index in [2.05, 4.69) is 10.3 Å². The minimum atomic E-state index is -1.19. The highest BCUT2D eigenvalue weighted by atomic mass is 19.2.